The highest BCUT2D eigenvalue weighted by Crippen LogP contribution is 2.40. The molecule has 2 atom stereocenters. The average molecular weight is 575 g/mol. The van der Waals surface area contributed by atoms with Crippen LogP contribution in [0.25, 0.3) is 20.8 Å². The van der Waals surface area contributed by atoms with E-state index in [1.54, 1.807) is 30.6 Å². The van der Waals surface area contributed by atoms with Crippen LogP contribution in [0.5, 0.6) is 5.75 Å². The third-order valence-corrected chi connectivity index (χ3v) is 7.86. The number of benzene rings is 2. The number of ether oxygens (including phenoxy) is 3. The van der Waals surface area contributed by atoms with E-state index in [2.05, 4.69) is 21.9 Å². The first-order valence-corrected chi connectivity index (χ1v) is 14.1. The molecule has 1 fully saturated rings. The number of aliphatic imine (C=N–C) groups is 1. The summed E-state index contributed by atoms with van der Waals surface area (Å²) in [6.45, 7) is 9.66. The van der Waals surface area contributed by atoms with Gasteiger partial charge >= 0.3 is 6.09 Å². The Bertz CT molecular complexity index is 1630. The number of anilines is 1. The van der Waals surface area contributed by atoms with E-state index in [-0.39, 0.29) is 5.75 Å². The highest BCUT2D eigenvalue weighted by atomic mass is 32.1. The molecule has 4 aromatic rings. The average Bonchev–Trinajstić information content (AvgIpc) is 3.55. The third kappa shape index (κ3) is 6.54. The first-order chi connectivity index (χ1) is 19.7. The van der Waals surface area contributed by atoms with Crippen LogP contribution in [-0.2, 0) is 9.47 Å². The van der Waals surface area contributed by atoms with Crippen molar-refractivity contribution in [2.45, 2.75) is 52.2 Å². The van der Waals surface area contributed by atoms with Crippen molar-refractivity contribution in [2.75, 3.05) is 12.4 Å². The highest BCUT2D eigenvalue weighted by molar-refractivity contribution is 7.21. The maximum absolute atomic E-state index is 15.2. The molecule has 0 spiro atoms. The lowest BCUT2D eigenvalue weighted by Gasteiger charge is -2.22. The maximum Gasteiger partial charge on any atom is 0.412 e. The second-order valence-electron chi connectivity index (χ2n) is 10.0. The van der Waals surface area contributed by atoms with E-state index in [0.29, 0.717) is 34.8 Å². The molecule has 212 valence electrons. The largest absolute Gasteiger partial charge is 0.496 e. The van der Waals surface area contributed by atoms with Crippen molar-refractivity contribution >= 4 is 45.2 Å². The Balaban J connectivity index is 1.36. The zero-order chi connectivity index (χ0) is 29.1. The van der Waals surface area contributed by atoms with Crippen LogP contribution in [0.3, 0.4) is 0 Å². The van der Waals surface area contributed by atoms with E-state index >= 15 is 4.39 Å². The minimum Gasteiger partial charge on any atom is -0.496 e. The minimum atomic E-state index is -0.597. The van der Waals surface area contributed by atoms with Gasteiger partial charge in [0.15, 0.2) is 11.6 Å². The summed E-state index contributed by atoms with van der Waals surface area (Å²) in [4.78, 5) is 26.0. The van der Waals surface area contributed by atoms with E-state index < -0.39 is 24.1 Å². The smallest absolute Gasteiger partial charge is 0.412 e. The van der Waals surface area contributed by atoms with Crippen LogP contribution in [-0.4, -0.2) is 41.6 Å². The molecular weight excluding hydrogens is 543 g/mol. The molecule has 0 radical (unpaired) electrons. The Labute approximate surface area is 241 Å². The predicted molar refractivity (Wildman–Crippen MR) is 160 cm³/mol. The molecule has 41 heavy (non-hydrogen) atoms. The van der Waals surface area contributed by atoms with E-state index in [4.69, 9.17) is 19.2 Å². The highest BCUT2D eigenvalue weighted by Gasteiger charge is 2.33. The molecule has 2 aromatic heterocycles. The van der Waals surface area contributed by atoms with Gasteiger partial charge in [-0.1, -0.05) is 18.2 Å². The molecule has 8 nitrogen and oxygen atoms in total. The fourth-order valence-electron chi connectivity index (χ4n) is 4.77. The van der Waals surface area contributed by atoms with Gasteiger partial charge in [0.1, 0.15) is 23.0 Å². The number of fused-ring (bicyclic) bond motifs is 1. The molecular formula is C31H31FN4O4S. The molecule has 0 bridgehead atoms. The van der Waals surface area contributed by atoms with Gasteiger partial charge in [0, 0.05) is 23.4 Å². The van der Waals surface area contributed by atoms with Gasteiger partial charge in [-0.05, 0) is 63.8 Å². The van der Waals surface area contributed by atoms with Crippen molar-refractivity contribution in [1.82, 2.24) is 9.97 Å². The number of rotatable bonds is 8. The molecule has 0 saturated heterocycles. The third-order valence-electron chi connectivity index (χ3n) is 6.80. The van der Waals surface area contributed by atoms with E-state index in [9.17, 15) is 4.79 Å². The number of hydrogen-bond donors (Lipinski definition) is 1. The second-order valence-corrected chi connectivity index (χ2v) is 11.1. The summed E-state index contributed by atoms with van der Waals surface area (Å²) in [5, 5.41) is 3.39. The standard InChI is InChI=1S/C31H31FN4O4S/c1-17-11-18(2)29(34-15-20(4)38-5)22(12-17)30-36-24-13-23(32)27(14-28(24)41-30)39-25-7-6-8-26(25)40-31(37)35-21-10-9-19(3)33-16-21/h9-16,25-26H,4,6-8H2,1-3,5H3,(H,35,37)/b34-15-/t25-,26+/m0/s1. The number of carbonyl (C=O) groups is 1. The Morgan fingerprint density at radius 1 is 1.17 bits per heavy atom. The zero-order valence-corrected chi connectivity index (χ0v) is 24.2. The number of halogens is 1. The fourth-order valence-corrected chi connectivity index (χ4v) is 5.76. The normalized spacial score (nSPS) is 16.7. The van der Waals surface area contributed by atoms with Crippen LogP contribution in [0.15, 0.2) is 59.9 Å². The lowest BCUT2D eigenvalue weighted by Crippen LogP contribution is -2.32. The van der Waals surface area contributed by atoms with Gasteiger partial charge in [0.05, 0.1) is 41.1 Å². The van der Waals surface area contributed by atoms with E-state index in [1.807, 2.05) is 32.9 Å². The zero-order valence-electron chi connectivity index (χ0n) is 23.4. The quantitative estimate of drug-likeness (QED) is 0.170. The van der Waals surface area contributed by atoms with Crippen molar-refractivity contribution in [3.8, 4) is 16.3 Å². The molecule has 10 heteroatoms. The van der Waals surface area contributed by atoms with Crippen molar-refractivity contribution < 1.29 is 23.4 Å². The van der Waals surface area contributed by atoms with Crippen LogP contribution in [0.4, 0.5) is 20.6 Å². The number of aryl methyl sites for hydroxylation is 3. The molecule has 1 saturated carbocycles. The molecule has 2 aromatic carbocycles. The number of allylic oxidation sites excluding steroid dienone is 1. The van der Waals surface area contributed by atoms with Gasteiger partial charge < -0.3 is 14.2 Å². The van der Waals surface area contributed by atoms with Crippen LogP contribution >= 0.6 is 11.3 Å². The number of methoxy groups -OCH3 is 1. The number of aromatic nitrogens is 2. The Morgan fingerprint density at radius 3 is 2.73 bits per heavy atom. The first-order valence-electron chi connectivity index (χ1n) is 13.3. The van der Waals surface area contributed by atoms with Crippen molar-refractivity contribution in [3.05, 3.63) is 77.6 Å². The Hall–Kier alpha value is -4.31. The molecule has 0 aliphatic heterocycles. The van der Waals surface area contributed by atoms with Gasteiger partial charge in [-0.25, -0.2) is 14.2 Å². The van der Waals surface area contributed by atoms with Crippen LogP contribution in [0.2, 0.25) is 0 Å². The number of thiazole rings is 1. The topological polar surface area (TPSA) is 94.9 Å². The molecule has 0 unspecified atom stereocenters. The van der Waals surface area contributed by atoms with Crippen LogP contribution < -0.4 is 10.1 Å². The molecule has 1 aliphatic rings. The molecule has 1 aliphatic carbocycles. The summed E-state index contributed by atoms with van der Waals surface area (Å²) in [6.07, 6.45) is 3.64. The van der Waals surface area contributed by atoms with E-state index in [0.717, 1.165) is 39.2 Å². The van der Waals surface area contributed by atoms with Crippen LogP contribution in [0.1, 0.15) is 36.1 Å². The van der Waals surface area contributed by atoms with Gasteiger partial charge in [-0.3, -0.25) is 15.3 Å². The Kier molecular flexibility index (Phi) is 8.30. The SMILES string of the molecule is C=C(/C=N\c1c(C)cc(C)cc1-c1nc2cc(F)c(O[C@H]3CCC[C@H]3OC(=O)Nc3ccc(C)nc3)cc2s1)OC. The van der Waals surface area contributed by atoms with Crippen molar-refractivity contribution in [1.29, 1.82) is 0 Å². The number of hydrogen-bond acceptors (Lipinski definition) is 8. The van der Waals surface area contributed by atoms with Gasteiger partial charge in [0.25, 0.3) is 0 Å². The molecule has 2 heterocycles. The number of amides is 1. The summed E-state index contributed by atoms with van der Waals surface area (Å²) in [5.41, 5.74) is 5.53. The van der Waals surface area contributed by atoms with E-state index in [1.165, 1.54) is 24.5 Å². The lowest BCUT2D eigenvalue weighted by atomic mass is 10.0. The summed E-state index contributed by atoms with van der Waals surface area (Å²) in [6, 6.07) is 10.7. The minimum absolute atomic E-state index is 0.103. The summed E-state index contributed by atoms with van der Waals surface area (Å²) < 4.78 is 32.8. The summed E-state index contributed by atoms with van der Waals surface area (Å²) in [7, 11) is 1.54. The molecule has 1 N–H and O–H groups in total. The van der Waals surface area contributed by atoms with Crippen molar-refractivity contribution in [3.63, 3.8) is 0 Å². The second kappa shape index (κ2) is 12.1. The number of nitrogens with zero attached hydrogens (tertiary/aromatic N) is 3. The van der Waals surface area contributed by atoms with Crippen LogP contribution in [0, 0.1) is 26.6 Å². The summed E-state index contributed by atoms with van der Waals surface area (Å²) >= 11 is 1.43. The van der Waals surface area contributed by atoms with Gasteiger partial charge in [-0.15, -0.1) is 11.3 Å². The number of pyridine rings is 1. The summed E-state index contributed by atoms with van der Waals surface area (Å²) in [5.74, 6) is 0.0135. The van der Waals surface area contributed by atoms with Crippen molar-refractivity contribution in [2.24, 2.45) is 4.99 Å². The predicted octanol–water partition coefficient (Wildman–Crippen LogP) is 7.83. The molecule has 5 rings (SSSR count). The lowest BCUT2D eigenvalue weighted by molar-refractivity contribution is 0.0401. The van der Waals surface area contributed by atoms with Gasteiger partial charge in [0.2, 0.25) is 0 Å². The first kappa shape index (κ1) is 28.2. The number of carbonyl (C=O) groups excluding carboxylic acids is 1. The monoisotopic (exact) mass is 574 g/mol. The number of nitrogens with one attached hydrogen (secondary N) is 1. The molecule has 1 amide bonds. The maximum atomic E-state index is 15.2. The fraction of sp³-hybridized carbons (Fsp3) is 0.290. The Morgan fingerprint density at radius 2 is 1.98 bits per heavy atom. The van der Waals surface area contributed by atoms with Gasteiger partial charge in [-0.2, -0.15) is 0 Å².